The van der Waals surface area contributed by atoms with Crippen molar-refractivity contribution in [3.63, 3.8) is 0 Å². The number of para-hydroxylation sites is 1. The topological polar surface area (TPSA) is 67.5 Å². The van der Waals surface area contributed by atoms with Crippen LogP contribution in [-0.2, 0) is 0 Å². The third-order valence-corrected chi connectivity index (χ3v) is 2.36. The highest BCUT2D eigenvalue weighted by atomic mass is 16.5. The summed E-state index contributed by atoms with van der Waals surface area (Å²) in [6.07, 6.45) is 0.840. The Balaban J connectivity index is 2.85. The Hall–Kier alpha value is -1.42. The van der Waals surface area contributed by atoms with Gasteiger partial charge in [-0.25, -0.2) is 0 Å². The molecule has 1 atom stereocenters. The van der Waals surface area contributed by atoms with E-state index in [-0.39, 0.29) is 12.6 Å². The molecule has 0 saturated carbocycles. The Labute approximate surface area is 90.1 Å². The average Bonchev–Trinajstić information content (AvgIpc) is 2.28. The summed E-state index contributed by atoms with van der Waals surface area (Å²) in [6.45, 7) is 2.09. The number of benzene rings is 1. The van der Waals surface area contributed by atoms with Crippen LogP contribution in [0.3, 0.4) is 0 Å². The van der Waals surface area contributed by atoms with Gasteiger partial charge in [0.05, 0.1) is 25.1 Å². The second-order valence-electron chi connectivity index (χ2n) is 3.35. The number of hydrogen-bond donors (Lipinski definition) is 3. The van der Waals surface area contributed by atoms with Gasteiger partial charge in [0.1, 0.15) is 5.75 Å². The van der Waals surface area contributed by atoms with Crippen LogP contribution in [0.15, 0.2) is 18.2 Å². The average molecular weight is 210 g/mol. The molecule has 0 aliphatic carbocycles. The van der Waals surface area contributed by atoms with Crippen molar-refractivity contribution in [2.24, 2.45) is 0 Å². The molecule has 0 amide bonds. The summed E-state index contributed by atoms with van der Waals surface area (Å²) >= 11 is 0. The highest BCUT2D eigenvalue weighted by Crippen LogP contribution is 2.29. The highest BCUT2D eigenvalue weighted by Gasteiger charge is 2.09. The minimum atomic E-state index is 0.0272. The first-order valence-corrected chi connectivity index (χ1v) is 5.02. The van der Waals surface area contributed by atoms with E-state index in [0.717, 1.165) is 12.1 Å². The van der Waals surface area contributed by atoms with Gasteiger partial charge < -0.3 is 20.9 Å². The molecule has 4 heteroatoms. The lowest BCUT2D eigenvalue weighted by Crippen LogP contribution is -2.23. The molecule has 15 heavy (non-hydrogen) atoms. The van der Waals surface area contributed by atoms with Gasteiger partial charge in [0.15, 0.2) is 0 Å². The number of aliphatic hydroxyl groups excluding tert-OH is 1. The van der Waals surface area contributed by atoms with E-state index >= 15 is 0 Å². The van der Waals surface area contributed by atoms with Crippen molar-refractivity contribution in [3.8, 4) is 5.75 Å². The third kappa shape index (κ3) is 2.76. The van der Waals surface area contributed by atoms with Crippen molar-refractivity contribution < 1.29 is 9.84 Å². The maximum absolute atomic E-state index is 9.07. The lowest BCUT2D eigenvalue weighted by atomic mass is 10.2. The Morgan fingerprint density at radius 2 is 2.27 bits per heavy atom. The van der Waals surface area contributed by atoms with Gasteiger partial charge in [-0.1, -0.05) is 13.0 Å². The zero-order valence-corrected chi connectivity index (χ0v) is 9.16. The number of aliphatic hydroxyl groups is 1. The molecule has 0 heterocycles. The van der Waals surface area contributed by atoms with Crippen molar-refractivity contribution in [1.29, 1.82) is 0 Å². The summed E-state index contributed by atoms with van der Waals surface area (Å²) in [6, 6.07) is 5.57. The quantitative estimate of drug-likeness (QED) is 0.644. The summed E-state index contributed by atoms with van der Waals surface area (Å²) in [4.78, 5) is 0. The molecule has 1 unspecified atom stereocenters. The van der Waals surface area contributed by atoms with E-state index in [1.54, 1.807) is 13.2 Å². The summed E-state index contributed by atoms with van der Waals surface area (Å²) in [7, 11) is 1.58. The van der Waals surface area contributed by atoms with Crippen LogP contribution in [0.2, 0.25) is 0 Å². The van der Waals surface area contributed by atoms with Crippen LogP contribution in [0.25, 0.3) is 0 Å². The number of hydrogen-bond acceptors (Lipinski definition) is 4. The van der Waals surface area contributed by atoms with Crippen LogP contribution < -0.4 is 15.8 Å². The summed E-state index contributed by atoms with van der Waals surface area (Å²) in [5.41, 5.74) is 7.26. The number of rotatable bonds is 5. The number of ether oxygens (including phenoxy) is 1. The lowest BCUT2D eigenvalue weighted by molar-refractivity contribution is 0.272. The number of nitrogen functional groups attached to an aromatic ring is 1. The number of anilines is 2. The smallest absolute Gasteiger partial charge is 0.143 e. The van der Waals surface area contributed by atoms with Crippen molar-refractivity contribution in [3.05, 3.63) is 18.2 Å². The van der Waals surface area contributed by atoms with Crippen molar-refractivity contribution >= 4 is 11.4 Å². The Morgan fingerprint density at radius 1 is 1.53 bits per heavy atom. The molecule has 0 spiro atoms. The zero-order chi connectivity index (χ0) is 11.3. The van der Waals surface area contributed by atoms with Crippen LogP contribution in [0.4, 0.5) is 11.4 Å². The molecule has 4 N–H and O–H groups in total. The van der Waals surface area contributed by atoms with Gasteiger partial charge >= 0.3 is 0 Å². The van der Waals surface area contributed by atoms with E-state index in [1.165, 1.54) is 0 Å². The van der Waals surface area contributed by atoms with E-state index in [0.29, 0.717) is 11.4 Å². The van der Waals surface area contributed by atoms with E-state index < -0.39 is 0 Å². The van der Waals surface area contributed by atoms with Gasteiger partial charge in [0.25, 0.3) is 0 Å². The fraction of sp³-hybridized carbons (Fsp3) is 0.455. The number of methoxy groups -OCH3 is 1. The first-order valence-electron chi connectivity index (χ1n) is 5.02. The molecule has 0 radical (unpaired) electrons. The van der Waals surface area contributed by atoms with Crippen LogP contribution in [0.1, 0.15) is 13.3 Å². The van der Waals surface area contributed by atoms with Gasteiger partial charge in [0.2, 0.25) is 0 Å². The molecule has 0 aliphatic rings. The normalized spacial score (nSPS) is 12.2. The SMILES string of the molecule is CCC(CO)Nc1cccc(OC)c1N. The Bertz CT molecular complexity index is 311. The van der Waals surface area contributed by atoms with Crippen LogP contribution in [-0.4, -0.2) is 24.9 Å². The molecule has 4 nitrogen and oxygen atoms in total. The van der Waals surface area contributed by atoms with Crippen LogP contribution in [0, 0.1) is 0 Å². The zero-order valence-electron chi connectivity index (χ0n) is 9.16. The molecule has 0 saturated heterocycles. The second-order valence-corrected chi connectivity index (χ2v) is 3.35. The molecule has 1 aromatic rings. The maximum Gasteiger partial charge on any atom is 0.143 e. The van der Waals surface area contributed by atoms with E-state index in [1.807, 2.05) is 19.1 Å². The molecule has 0 aliphatic heterocycles. The van der Waals surface area contributed by atoms with Gasteiger partial charge in [-0.3, -0.25) is 0 Å². The first kappa shape index (κ1) is 11.7. The van der Waals surface area contributed by atoms with Crippen molar-refractivity contribution in [1.82, 2.24) is 0 Å². The molecule has 0 aromatic heterocycles. The summed E-state index contributed by atoms with van der Waals surface area (Å²) < 4.78 is 5.11. The van der Waals surface area contributed by atoms with E-state index in [9.17, 15) is 0 Å². The minimum Gasteiger partial charge on any atom is -0.495 e. The summed E-state index contributed by atoms with van der Waals surface area (Å²) in [5.74, 6) is 0.646. The standard InChI is InChI=1S/C11H18N2O2/c1-3-8(7-14)13-9-5-4-6-10(15-2)11(9)12/h4-6,8,13-14H,3,7,12H2,1-2H3. The van der Waals surface area contributed by atoms with E-state index in [2.05, 4.69) is 5.32 Å². The molecule has 1 aromatic carbocycles. The van der Waals surface area contributed by atoms with Gasteiger partial charge in [-0.2, -0.15) is 0 Å². The highest BCUT2D eigenvalue weighted by molar-refractivity contribution is 5.73. The predicted octanol–water partition coefficient (Wildman–Crippen LogP) is 1.46. The monoisotopic (exact) mass is 210 g/mol. The van der Waals surface area contributed by atoms with Gasteiger partial charge in [-0.15, -0.1) is 0 Å². The largest absolute Gasteiger partial charge is 0.495 e. The molecule has 0 fully saturated rings. The fourth-order valence-electron chi connectivity index (χ4n) is 1.34. The van der Waals surface area contributed by atoms with Crippen LogP contribution >= 0.6 is 0 Å². The van der Waals surface area contributed by atoms with Gasteiger partial charge in [0, 0.05) is 6.04 Å². The van der Waals surface area contributed by atoms with Crippen molar-refractivity contribution in [2.75, 3.05) is 24.8 Å². The Kier molecular flexibility index (Phi) is 4.24. The Morgan fingerprint density at radius 3 is 2.80 bits per heavy atom. The predicted molar refractivity (Wildman–Crippen MR) is 62.2 cm³/mol. The molecule has 1 rings (SSSR count). The number of nitrogens with two attached hydrogens (primary N) is 1. The van der Waals surface area contributed by atoms with E-state index in [4.69, 9.17) is 15.6 Å². The molecular formula is C11H18N2O2. The minimum absolute atomic E-state index is 0.0272. The second kappa shape index (κ2) is 5.46. The lowest BCUT2D eigenvalue weighted by Gasteiger charge is -2.18. The van der Waals surface area contributed by atoms with Crippen LogP contribution in [0.5, 0.6) is 5.75 Å². The van der Waals surface area contributed by atoms with Gasteiger partial charge in [-0.05, 0) is 18.6 Å². The molecule has 0 bridgehead atoms. The third-order valence-electron chi connectivity index (χ3n) is 2.36. The van der Waals surface area contributed by atoms with Crippen molar-refractivity contribution in [2.45, 2.75) is 19.4 Å². The number of nitrogens with one attached hydrogen (secondary N) is 1. The maximum atomic E-state index is 9.07. The fourth-order valence-corrected chi connectivity index (χ4v) is 1.34. The molecule has 84 valence electrons. The summed E-state index contributed by atoms with van der Waals surface area (Å²) in [5, 5.41) is 12.2. The first-order chi connectivity index (χ1) is 7.22. The molecular weight excluding hydrogens is 192 g/mol.